The monoisotopic (exact) mass is 371 g/mol. The van der Waals surface area contributed by atoms with Crippen LogP contribution in [0.4, 0.5) is 0 Å². The maximum atomic E-state index is 6.21. The third kappa shape index (κ3) is 2.24. The van der Waals surface area contributed by atoms with Gasteiger partial charge in [-0.05, 0) is 60.2 Å². The van der Waals surface area contributed by atoms with Crippen molar-refractivity contribution in [3.63, 3.8) is 0 Å². The third-order valence-electron chi connectivity index (χ3n) is 5.00. The van der Waals surface area contributed by atoms with E-state index in [1.54, 1.807) is 0 Å². The van der Waals surface area contributed by atoms with Crippen LogP contribution in [0.5, 0.6) is 0 Å². The fourth-order valence-electron chi connectivity index (χ4n) is 4.31. The fraction of sp³-hybridized carbons (Fsp3) is 0.625. The summed E-state index contributed by atoms with van der Waals surface area (Å²) in [7, 11) is 4.16. The van der Waals surface area contributed by atoms with Gasteiger partial charge in [0.1, 0.15) is 5.60 Å². The van der Waals surface area contributed by atoms with Crippen LogP contribution in [0.2, 0.25) is 0 Å². The molecule has 1 heterocycles. The first-order valence-corrected chi connectivity index (χ1v) is 8.24. The smallest absolute Gasteiger partial charge is 0.101 e. The number of piperidine rings is 1. The predicted molar refractivity (Wildman–Crippen MR) is 86.2 cm³/mol. The number of halogens is 1. The molecule has 1 aromatic carbocycles. The maximum Gasteiger partial charge on any atom is 0.101 e. The van der Waals surface area contributed by atoms with Crippen molar-refractivity contribution >= 4 is 22.6 Å². The molecule has 104 valence electrons. The molecule has 0 N–H and O–H groups in total. The molecule has 2 atom stereocenters. The largest absolute Gasteiger partial charge is 0.373 e. The summed E-state index contributed by atoms with van der Waals surface area (Å²) in [6.07, 6.45) is 3.94. The van der Waals surface area contributed by atoms with Crippen LogP contribution in [0.15, 0.2) is 24.3 Å². The number of likely N-dealkylation sites (tertiary alicyclic amines) is 1. The summed E-state index contributed by atoms with van der Waals surface area (Å²) < 4.78 is 7.51. The number of hydrogen-bond acceptors (Lipinski definition) is 2. The van der Waals surface area contributed by atoms with Gasteiger partial charge in [-0.25, -0.2) is 0 Å². The van der Waals surface area contributed by atoms with Gasteiger partial charge in [0, 0.05) is 35.6 Å². The van der Waals surface area contributed by atoms with Gasteiger partial charge in [0.15, 0.2) is 0 Å². The van der Waals surface area contributed by atoms with Crippen LogP contribution in [-0.2, 0) is 10.3 Å². The quantitative estimate of drug-likeness (QED) is 0.738. The molecule has 3 rings (SSSR count). The van der Waals surface area contributed by atoms with Gasteiger partial charge < -0.3 is 9.64 Å². The molecule has 0 aromatic heterocycles. The van der Waals surface area contributed by atoms with E-state index in [2.05, 4.69) is 58.8 Å². The number of fused-ring (bicyclic) bond motifs is 2. The summed E-state index contributed by atoms with van der Waals surface area (Å²) in [6, 6.07) is 8.92. The lowest BCUT2D eigenvalue weighted by Gasteiger charge is -2.54. The number of rotatable bonds is 2. The summed E-state index contributed by atoms with van der Waals surface area (Å²) in [5.41, 5.74) is 1.34. The zero-order valence-corrected chi connectivity index (χ0v) is 13.9. The van der Waals surface area contributed by atoms with E-state index in [0.717, 1.165) is 13.1 Å². The highest BCUT2D eigenvalue weighted by molar-refractivity contribution is 14.1. The lowest BCUT2D eigenvalue weighted by molar-refractivity contribution is -0.165. The van der Waals surface area contributed by atoms with Crippen molar-refractivity contribution in [2.45, 2.75) is 24.9 Å². The lowest BCUT2D eigenvalue weighted by atomic mass is 9.62. The second-order valence-corrected chi connectivity index (χ2v) is 7.30. The molecule has 2 unspecified atom stereocenters. The molecule has 2 aliphatic rings. The molecule has 2 fully saturated rings. The minimum atomic E-state index is -0.0497. The molecule has 0 amide bonds. The first kappa shape index (κ1) is 13.8. The van der Waals surface area contributed by atoms with Crippen LogP contribution in [0, 0.1) is 15.4 Å². The Bertz CT molecular complexity index is 448. The molecule has 1 aliphatic heterocycles. The van der Waals surface area contributed by atoms with Gasteiger partial charge in [0.25, 0.3) is 0 Å². The zero-order chi connectivity index (χ0) is 13.5. The predicted octanol–water partition coefficient (Wildman–Crippen LogP) is 3.49. The Labute approximate surface area is 129 Å². The molecule has 3 heteroatoms. The molecule has 0 radical (unpaired) electrons. The van der Waals surface area contributed by atoms with Gasteiger partial charge in [0.2, 0.25) is 0 Å². The molecule has 1 saturated carbocycles. The van der Waals surface area contributed by atoms with E-state index in [1.165, 1.54) is 28.4 Å². The van der Waals surface area contributed by atoms with Crippen molar-refractivity contribution in [2.75, 3.05) is 27.2 Å². The van der Waals surface area contributed by atoms with Crippen LogP contribution in [0.1, 0.15) is 24.8 Å². The highest BCUT2D eigenvalue weighted by Crippen LogP contribution is 2.51. The zero-order valence-electron chi connectivity index (χ0n) is 11.7. The summed E-state index contributed by atoms with van der Waals surface area (Å²) >= 11 is 2.41. The van der Waals surface area contributed by atoms with Gasteiger partial charge in [-0.1, -0.05) is 18.6 Å². The first-order chi connectivity index (χ1) is 9.16. The van der Waals surface area contributed by atoms with E-state index in [1.807, 2.05) is 7.11 Å². The minimum Gasteiger partial charge on any atom is -0.373 e. The SMILES string of the molecule is COC1(c2cccc(I)c2)C2CCCC1CN(C)C2. The van der Waals surface area contributed by atoms with Crippen LogP contribution in [0.3, 0.4) is 0 Å². The molecule has 2 nitrogen and oxygen atoms in total. The normalized spacial score (nSPS) is 35.3. The van der Waals surface area contributed by atoms with Crippen LogP contribution < -0.4 is 0 Å². The Balaban J connectivity index is 2.07. The topological polar surface area (TPSA) is 12.5 Å². The summed E-state index contributed by atoms with van der Waals surface area (Å²) in [4.78, 5) is 2.49. The third-order valence-corrected chi connectivity index (χ3v) is 5.67. The molecule has 1 aromatic rings. The van der Waals surface area contributed by atoms with Crippen molar-refractivity contribution in [1.29, 1.82) is 0 Å². The molecule has 1 aliphatic carbocycles. The Morgan fingerprint density at radius 3 is 2.53 bits per heavy atom. The molecular weight excluding hydrogens is 349 g/mol. The van der Waals surface area contributed by atoms with E-state index >= 15 is 0 Å². The highest BCUT2D eigenvalue weighted by Gasteiger charge is 2.52. The van der Waals surface area contributed by atoms with Crippen molar-refractivity contribution < 1.29 is 4.74 Å². The lowest BCUT2D eigenvalue weighted by Crippen LogP contribution is -2.58. The first-order valence-electron chi connectivity index (χ1n) is 7.16. The summed E-state index contributed by atoms with van der Waals surface area (Å²) in [5.74, 6) is 1.27. The number of nitrogens with zero attached hydrogens (tertiary/aromatic N) is 1. The summed E-state index contributed by atoms with van der Waals surface area (Å²) in [6.45, 7) is 2.33. The van der Waals surface area contributed by atoms with Gasteiger partial charge in [0.05, 0.1) is 0 Å². The van der Waals surface area contributed by atoms with Gasteiger partial charge in [-0.3, -0.25) is 0 Å². The number of methoxy groups -OCH3 is 1. The average Bonchev–Trinajstić information content (AvgIpc) is 2.38. The van der Waals surface area contributed by atoms with Gasteiger partial charge in [-0.15, -0.1) is 0 Å². The average molecular weight is 371 g/mol. The fourth-order valence-corrected chi connectivity index (χ4v) is 4.85. The Hall–Kier alpha value is -0.130. The van der Waals surface area contributed by atoms with E-state index < -0.39 is 0 Å². The van der Waals surface area contributed by atoms with Crippen molar-refractivity contribution in [2.24, 2.45) is 11.8 Å². The maximum absolute atomic E-state index is 6.21. The van der Waals surface area contributed by atoms with Crippen molar-refractivity contribution in [1.82, 2.24) is 4.90 Å². The minimum absolute atomic E-state index is 0.0497. The van der Waals surface area contributed by atoms with E-state index in [4.69, 9.17) is 4.74 Å². The van der Waals surface area contributed by atoms with Gasteiger partial charge >= 0.3 is 0 Å². The van der Waals surface area contributed by atoms with Gasteiger partial charge in [-0.2, -0.15) is 0 Å². The van der Waals surface area contributed by atoms with E-state index in [9.17, 15) is 0 Å². The second-order valence-electron chi connectivity index (χ2n) is 6.05. The van der Waals surface area contributed by atoms with E-state index in [-0.39, 0.29) is 5.60 Å². The molecule has 19 heavy (non-hydrogen) atoms. The van der Waals surface area contributed by atoms with Crippen LogP contribution in [-0.4, -0.2) is 32.1 Å². The number of benzene rings is 1. The van der Waals surface area contributed by atoms with Crippen LogP contribution >= 0.6 is 22.6 Å². The van der Waals surface area contributed by atoms with E-state index in [0.29, 0.717) is 11.8 Å². The highest BCUT2D eigenvalue weighted by atomic mass is 127. The summed E-state index contributed by atoms with van der Waals surface area (Å²) in [5, 5.41) is 0. The Kier molecular flexibility index (Phi) is 3.89. The van der Waals surface area contributed by atoms with Crippen LogP contribution in [0.25, 0.3) is 0 Å². The molecule has 0 spiro atoms. The second kappa shape index (κ2) is 5.34. The molecular formula is C16H22INO. The molecule has 2 bridgehead atoms. The Morgan fingerprint density at radius 1 is 1.26 bits per heavy atom. The van der Waals surface area contributed by atoms with Crippen molar-refractivity contribution in [3.8, 4) is 0 Å². The standard InChI is InChI=1S/C16H22INO/c1-18-10-13-6-3-7-14(11-18)16(13,19-2)12-5-4-8-15(17)9-12/h4-5,8-9,13-14H,3,6-7,10-11H2,1-2H3. The molecule has 1 saturated heterocycles. The number of hydrogen-bond donors (Lipinski definition) is 0. The Morgan fingerprint density at radius 2 is 1.95 bits per heavy atom. The number of ether oxygens (including phenoxy) is 1. The van der Waals surface area contributed by atoms with Crippen molar-refractivity contribution in [3.05, 3.63) is 33.4 Å².